The summed E-state index contributed by atoms with van der Waals surface area (Å²) in [5.41, 5.74) is 2.58. The predicted octanol–water partition coefficient (Wildman–Crippen LogP) is 4.10. The minimum Gasteiger partial charge on any atom is -0.355 e. The number of nitrogens with one attached hydrogen (secondary N) is 2. The van der Waals surface area contributed by atoms with Crippen molar-refractivity contribution in [1.29, 1.82) is 0 Å². The topological polar surface area (TPSA) is 84.2 Å². The monoisotopic (exact) mass is 389 g/mol. The number of hydrogen-bond donors (Lipinski definition) is 2. The van der Waals surface area contributed by atoms with Crippen molar-refractivity contribution in [2.75, 3.05) is 11.9 Å². The first kappa shape index (κ1) is 17.9. The zero-order valence-corrected chi connectivity index (χ0v) is 16.1. The normalized spacial score (nSPS) is 24.0. The van der Waals surface area contributed by atoms with Gasteiger partial charge in [0.05, 0.1) is 5.39 Å². The molecule has 29 heavy (non-hydrogen) atoms. The van der Waals surface area contributed by atoms with Gasteiger partial charge in [-0.2, -0.15) is 0 Å². The van der Waals surface area contributed by atoms with Gasteiger partial charge in [0.2, 0.25) is 11.7 Å². The molecule has 6 nitrogen and oxygen atoms in total. The van der Waals surface area contributed by atoms with E-state index in [0.717, 1.165) is 19.3 Å². The average Bonchev–Trinajstić information content (AvgIpc) is 3.19. The standard InChI is InChI=1S/C23H23N3O3/c27-22-17-6-2-1-5-16(17)19(13-24-22)14-9-11-15(12-10-14)25-23(28)21-18-7-3-4-8-20(18)26-29-21/h3-4,7-12,16-17,19H,1-2,5-6,13H2,(H,24,27)(H,25,28). The molecule has 2 aromatic carbocycles. The molecule has 3 aromatic rings. The minimum absolute atomic E-state index is 0.140. The Hall–Kier alpha value is -3.15. The third kappa shape index (κ3) is 3.28. The van der Waals surface area contributed by atoms with Gasteiger partial charge in [0.25, 0.3) is 5.91 Å². The van der Waals surface area contributed by atoms with Crippen LogP contribution in [0.25, 0.3) is 10.9 Å². The second-order valence-corrected chi connectivity index (χ2v) is 8.01. The molecule has 2 heterocycles. The Bertz CT molecular complexity index is 1060. The fraction of sp³-hybridized carbons (Fsp3) is 0.348. The number of piperidine rings is 1. The molecule has 1 aliphatic heterocycles. The molecule has 1 aliphatic carbocycles. The Kier molecular flexibility index (Phi) is 4.54. The summed E-state index contributed by atoms with van der Waals surface area (Å²) >= 11 is 0. The number of hydrogen-bond acceptors (Lipinski definition) is 4. The van der Waals surface area contributed by atoms with E-state index < -0.39 is 0 Å². The maximum absolute atomic E-state index is 12.6. The van der Waals surface area contributed by atoms with Crippen LogP contribution in [-0.4, -0.2) is 23.5 Å². The van der Waals surface area contributed by atoms with E-state index in [2.05, 4.69) is 27.9 Å². The largest absolute Gasteiger partial charge is 0.355 e. The molecule has 0 bridgehead atoms. The van der Waals surface area contributed by atoms with Crippen LogP contribution in [0.3, 0.4) is 0 Å². The second kappa shape index (κ2) is 7.35. The molecule has 6 heteroatoms. The van der Waals surface area contributed by atoms with E-state index in [1.165, 1.54) is 12.0 Å². The Morgan fingerprint density at radius 3 is 2.69 bits per heavy atom. The fourth-order valence-corrected chi connectivity index (χ4v) is 4.88. The van der Waals surface area contributed by atoms with Gasteiger partial charge in [-0.1, -0.05) is 42.3 Å². The summed E-state index contributed by atoms with van der Waals surface area (Å²) in [6.45, 7) is 0.690. The zero-order valence-electron chi connectivity index (χ0n) is 16.1. The lowest BCUT2D eigenvalue weighted by molar-refractivity contribution is -0.130. The van der Waals surface area contributed by atoms with E-state index in [-0.39, 0.29) is 23.5 Å². The third-order valence-corrected chi connectivity index (χ3v) is 6.36. The quantitative estimate of drug-likeness (QED) is 0.706. The Morgan fingerprint density at radius 1 is 1.03 bits per heavy atom. The van der Waals surface area contributed by atoms with Gasteiger partial charge in [-0.25, -0.2) is 0 Å². The van der Waals surface area contributed by atoms with E-state index >= 15 is 0 Å². The Balaban J connectivity index is 1.32. The molecule has 5 rings (SSSR count). The lowest BCUT2D eigenvalue weighted by Gasteiger charge is -2.41. The lowest BCUT2D eigenvalue weighted by atomic mass is 9.68. The van der Waals surface area contributed by atoms with Crippen molar-refractivity contribution in [3.63, 3.8) is 0 Å². The van der Waals surface area contributed by atoms with E-state index in [9.17, 15) is 9.59 Å². The number of fused-ring (bicyclic) bond motifs is 2. The highest BCUT2D eigenvalue weighted by atomic mass is 16.5. The van der Waals surface area contributed by atoms with Crippen molar-refractivity contribution in [3.05, 3.63) is 59.9 Å². The van der Waals surface area contributed by atoms with Gasteiger partial charge in [0.15, 0.2) is 0 Å². The summed E-state index contributed by atoms with van der Waals surface area (Å²) in [5.74, 6) is 1.00. The average molecular weight is 389 g/mol. The molecule has 148 valence electrons. The van der Waals surface area contributed by atoms with Crippen LogP contribution in [0.4, 0.5) is 5.69 Å². The summed E-state index contributed by atoms with van der Waals surface area (Å²) in [6.07, 6.45) is 4.44. The molecule has 3 unspecified atom stereocenters. The van der Waals surface area contributed by atoms with Crippen molar-refractivity contribution in [1.82, 2.24) is 10.5 Å². The molecule has 1 aromatic heterocycles. The van der Waals surface area contributed by atoms with Crippen molar-refractivity contribution >= 4 is 28.4 Å². The maximum Gasteiger partial charge on any atom is 0.294 e. The van der Waals surface area contributed by atoms with Gasteiger partial charge in [0, 0.05) is 24.1 Å². The number of benzene rings is 2. The van der Waals surface area contributed by atoms with Gasteiger partial charge >= 0.3 is 0 Å². The summed E-state index contributed by atoms with van der Waals surface area (Å²) < 4.78 is 5.23. The highest BCUT2D eigenvalue weighted by Gasteiger charge is 2.40. The minimum atomic E-state index is -0.316. The van der Waals surface area contributed by atoms with Gasteiger partial charge in [-0.15, -0.1) is 0 Å². The number of nitrogens with zero attached hydrogens (tertiary/aromatic N) is 1. The SMILES string of the molecule is O=C(Nc1ccc(C2CNC(=O)C3CCCCC32)cc1)c1onc2ccccc12. The lowest BCUT2D eigenvalue weighted by Crippen LogP contribution is -2.47. The van der Waals surface area contributed by atoms with E-state index in [1.807, 2.05) is 36.4 Å². The number of carbonyl (C=O) groups is 2. The van der Waals surface area contributed by atoms with Crippen LogP contribution in [0.5, 0.6) is 0 Å². The molecule has 0 radical (unpaired) electrons. The van der Waals surface area contributed by atoms with Crippen molar-refractivity contribution in [3.8, 4) is 0 Å². The number of anilines is 1. The smallest absolute Gasteiger partial charge is 0.294 e. The van der Waals surface area contributed by atoms with Crippen molar-refractivity contribution in [2.45, 2.75) is 31.6 Å². The van der Waals surface area contributed by atoms with Crippen LogP contribution in [-0.2, 0) is 4.79 Å². The first-order valence-electron chi connectivity index (χ1n) is 10.2. The van der Waals surface area contributed by atoms with Crippen LogP contribution in [0.1, 0.15) is 47.7 Å². The number of carbonyl (C=O) groups excluding carboxylic acids is 2. The molecule has 2 N–H and O–H groups in total. The molecule has 2 aliphatic rings. The number of aromatic nitrogens is 1. The van der Waals surface area contributed by atoms with Crippen LogP contribution < -0.4 is 10.6 Å². The van der Waals surface area contributed by atoms with Crippen LogP contribution >= 0.6 is 0 Å². The first-order chi connectivity index (χ1) is 14.2. The maximum atomic E-state index is 12.6. The molecule has 1 saturated carbocycles. The predicted molar refractivity (Wildman–Crippen MR) is 110 cm³/mol. The first-order valence-corrected chi connectivity index (χ1v) is 10.2. The van der Waals surface area contributed by atoms with Gasteiger partial charge in [-0.3, -0.25) is 9.59 Å². The second-order valence-electron chi connectivity index (χ2n) is 8.01. The zero-order chi connectivity index (χ0) is 19.8. The van der Waals surface area contributed by atoms with Crippen LogP contribution in [0.15, 0.2) is 53.1 Å². The van der Waals surface area contributed by atoms with Crippen LogP contribution in [0.2, 0.25) is 0 Å². The highest BCUT2D eigenvalue weighted by molar-refractivity contribution is 6.10. The Labute approximate surface area is 168 Å². The summed E-state index contributed by atoms with van der Waals surface area (Å²) in [6, 6.07) is 15.3. The summed E-state index contributed by atoms with van der Waals surface area (Å²) in [5, 5.41) is 10.6. The molecule has 2 amide bonds. The number of amides is 2. The van der Waals surface area contributed by atoms with Gasteiger partial charge in [0.1, 0.15) is 5.52 Å². The highest BCUT2D eigenvalue weighted by Crippen LogP contribution is 2.42. The van der Waals surface area contributed by atoms with Crippen LogP contribution in [0, 0.1) is 11.8 Å². The molecule has 1 saturated heterocycles. The molecule has 2 fully saturated rings. The number of rotatable bonds is 3. The fourth-order valence-electron chi connectivity index (χ4n) is 4.88. The molecular formula is C23H23N3O3. The summed E-state index contributed by atoms with van der Waals surface area (Å²) in [4.78, 5) is 24.8. The van der Waals surface area contributed by atoms with Crippen molar-refractivity contribution in [2.24, 2.45) is 11.8 Å². The van der Waals surface area contributed by atoms with Crippen molar-refractivity contribution < 1.29 is 14.1 Å². The molecule has 3 atom stereocenters. The molecule has 0 spiro atoms. The molecular weight excluding hydrogens is 366 g/mol. The van der Waals surface area contributed by atoms with E-state index in [4.69, 9.17) is 4.52 Å². The van der Waals surface area contributed by atoms with E-state index in [1.54, 1.807) is 0 Å². The van der Waals surface area contributed by atoms with E-state index in [0.29, 0.717) is 35.0 Å². The summed E-state index contributed by atoms with van der Waals surface area (Å²) in [7, 11) is 0. The Morgan fingerprint density at radius 2 is 1.83 bits per heavy atom. The van der Waals surface area contributed by atoms with Gasteiger partial charge in [-0.05, 0) is 48.6 Å². The third-order valence-electron chi connectivity index (χ3n) is 6.36. The van der Waals surface area contributed by atoms with Gasteiger partial charge < -0.3 is 15.2 Å².